The average Bonchev–Trinajstić information content (AvgIpc) is 2.81. The van der Waals surface area contributed by atoms with Crippen LogP contribution < -0.4 is 21.5 Å². The quantitative estimate of drug-likeness (QED) is 0.473. The van der Waals surface area contributed by atoms with Crippen LogP contribution in [-0.4, -0.2) is 35.0 Å². The highest BCUT2D eigenvalue weighted by molar-refractivity contribution is 6.04. The third-order valence-electron chi connectivity index (χ3n) is 5.90. The van der Waals surface area contributed by atoms with Crippen molar-refractivity contribution < 1.29 is 4.79 Å². The van der Waals surface area contributed by atoms with Crippen LogP contribution in [0, 0.1) is 0 Å². The van der Waals surface area contributed by atoms with E-state index in [0.29, 0.717) is 11.6 Å². The molecule has 1 aromatic carbocycles. The highest BCUT2D eigenvalue weighted by Gasteiger charge is 2.16. The zero-order valence-corrected chi connectivity index (χ0v) is 19.4. The molecule has 33 heavy (non-hydrogen) atoms. The second kappa shape index (κ2) is 9.58. The summed E-state index contributed by atoms with van der Waals surface area (Å²) < 4.78 is 0. The maximum atomic E-state index is 12.8. The van der Waals surface area contributed by atoms with Gasteiger partial charge in [0.05, 0.1) is 5.69 Å². The van der Waals surface area contributed by atoms with Crippen molar-refractivity contribution in [2.75, 3.05) is 23.7 Å². The number of H-pyrrole nitrogens is 1. The normalized spacial score (nSPS) is 14.6. The molecule has 7 heteroatoms. The second-order valence-electron chi connectivity index (χ2n) is 9.49. The van der Waals surface area contributed by atoms with Gasteiger partial charge in [-0.2, -0.15) is 0 Å². The molecule has 3 heterocycles. The minimum Gasteiger partial charge on any atom is -0.367 e. The van der Waals surface area contributed by atoms with E-state index in [1.807, 2.05) is 30.3 Å². The summed E-state index contributed by atoms with van der Waals surface area (Å²) in [6, 6.07) is 15.3. The maximum Gasteiger partial charge on any atom is 0.271 e. The van der Waals surface area contributed by atoms with E-state index in [1.165, 1.54) is 0 Å². The van der Waals surface area contributed by atoms with E-state index >= 15 is 0 Å². The van der Waals surface area contributed by atoms with Crippen LogP contribution in [0.4, 0.5) is 11.5 Å². The molecule has 1 saturated heterocycles. The van der Waals surface area contributed by atoms with Crippen LogP contribution in [0.1, 0.15) is 49.5 Å². The molecule has 0 unspecified atom stereocenters. The molecule has 2 aromatic heterocycles. The standard InChI is InChI=1S/C26H31N5O2/c1-26(2,3)19-9-7-17(8-10-19)24(32)31-22-15-18(16-28-25(22)33)21-5-4-6-23(30-21)29-20-11-13-27-14-12-20/h4-10,15-16,20,27H,11-14H2,1-3H3,(H,28,33)(H,29,30)(H,31,32). The van der Waals surface area contributed by atoms with Gasteiger partial charge < -0.3 is 20.9 Å². The third kappa shape index (κ3) is 5.68. The third-order valence-corrected chi connectivity index (χ3v) is 5.90. The summed E-state index contributed by atoms with van der Waals surface area (Å²) in [6.45, 7) is 8.37. The summed E-state index contributed by atoms with van der Waals surface area (Å²) in [5.41, 5.74) is 2.92. The van der Waals surface area contributed by atoms with Gasteiger partial charge >= 0.3 is 0 Å². The van der Waals surface area contributed by atoms with E-state index in [1.54, 1.807) is 24.4 Å². The lowest BCUT2D eigenvalue weighted by Gasteiger charge is -2.24. The van der Waals surface area contributed by atoms with Gasteiger partial charge in [-0.25, -0.2) is 4.98 Å². The maximum absolute atomic E-state index is 12.8. The van der Waals surface area contributed by atoms with E-state index in [0.717, 1.165) is 48.6 Å². The number of aromatic amines is 1. The fourth-order valence-corrected chi connectivity index (χ4v) is 3.89. The summed E-state index contributed by atoms with van der Waals surface area (Å²) in [5.74, 6) is 0.475. The van der Waals surface area contributed by atoms with Gasteiger partial charge in [0.1, 0.15) is 11.5 Å². The summed E-state index contributed by atoms with van der Waals surface area (Å²) in [5, 5.41) is 9.59. The molecule has 4 rings (SSSR count). The molecule has 1 amide bonds. The zero-order chi connectivity index (χ0) is 23.4. The molecular weight excluding hydrogens is 414 g/mol. The molecule has 1 aliphatic rings. The minimum absolute atomic E-state index is 0.00472. The number of anilines is 2. The number of benzene rings is 1. The average molecular weight is 446 g/mol. The SMILES string of the molecule is CC(C)(C)c1ccc(C(=O)Nc2cc(-c3cccc(NC4CCNCC4)n3)c[nH]c2=O)cc1. The van der Waals surface area contributed by atoms with Crippen LogP contribution in [0.5, 0.6) is 0 Å². The Kier molecular flexibility index (Phi) is 6.60. The molecule has 0 bridgehead atoms. The minimum atomic E-state index is -0.359. The predicted molar refractivity (Wildman–Crippen MR) is 133 cm³/mol. The van der Waals surface area contributed by atoms with Gasteiger partial charge in [-0.3, -0.25) is 9.59 Å². The van der Waals surface area contributed by atoms with Crippen molar-refractivity contribution in [3.8, 4) is 11.3 Å². The summed E-state index contributed by atoms with van der Waals surface area (Å²) in [6.07, 6.45) is 3.72. The summed E-state index contributed by atoms with van der Waals surface area (Å²) >= 11 is 0. The number of piperidine rings is 1. The Hall–Kier alpha value is -3.45. The molecule has 0 saturated carbocycles. The number of rotatable bonds is 5. The van der Waals surface area contributed by atoms with Gasteiger partial charge in [0.15, 0.2) is 0 Å². The number of aromatic nitrogens is 2. The van der Waals surface area contributed by atoms with E-state index < -0.39 is 0 Å². The van der Waals surface area contributed by atoms with Crippen LogP contribution >= 0.6 is 0 Å². The first kappa shape index (κ1) is 22.7. The summed E-state index contributed by atoms with van der Waals surface area (Å²) in [7, 11) is 0. The number of carbonyl (C=O) groups excluding carboxylic acids is 1. The zero-order valence-electron chi connectivity index (χ0n) is 19.4. The van der Waals surface area contributed by atoms with Gasteiger partial charge in [0.25, 0.3) is 11.5 Å². The smallest absolute Gasteiger partial charge is 0.271 e. The lowest BCUT2D eigenvalue weighted by molar-refractivity contribution is 0.102. The largest absolute Gasteiger partial charge is 0.367 e. The number of amides is 1. The van der Waals surface area contributed by atoms with Crippen LogP contribution in [-0.2, 0) is 5.41 Å². The topological polar surface area (TPSA) is 98.9 Å². The van der Waals surface area contributed by atoms with Gasteiger partial charge in [0.2, 0.25) is 0 Å². The molecule has 3 aromatic rings. The second-order valence-corrected chi connectivity index (χ2v) is 9.49. The molecule has 1 fully saturated rings. The highest BCUT2D eigenvalue weighted by atomic mass is 16.2. The number of carbonyl (C=O) groups is 1. The lowest BCUT2D eigenvalue weighted by Crippen LogP contribution is -2.35. The van der Waals surface area contributed by atoms with E-state index in [-0.39, 0.29) is 22.6 Å². The van der Waals surface area contributed by atoms with Crippen molar-refractivity contribution in [3.05, 3.63) is 76.2 Å². The Morgan fingerprint density at radius 1 is 1.06 bits per heavy atom. The fourth-order valence-electron chi connectivity index (χ4n) is 3.89. The first-order valence-corrected chi connectivity index (χ1v) is 11.4. The first-order chi connectivity index (χ1) is 15.8. The molecule has 0 aliphatic carbocycles. The number of hydrogen-bond donors (Lipinski definition) is 4. The Morgan fingerprint density at radius 2 is 1.79 bits per heavy atom. The van der Waals surface area contributed by atoms with Crippen molar-refractivity contribution >= 4 is 17.4 Å². The van der Waals surface area contributed by atoms with Crippen molar-refractivity contribution in [2.45, 2.75) is 45.1 Å². The van der Waals surface area contributed by atoms with E-state index in [2.05, 4.69) is 41.7 Å². The molecule has 0 atom stereocenters. The first-order valence-electron chi connectivity index (χ1n) is 11.4. The fraction of sp³-hybridized carbons (Fsp3) is 0.346. The summed E-state index contributed by atoms with van der Waals surface area (Å²) in [4.78, 5) is 32.6. The van der Waals surface area contributed by atoms with Crippen molar-refractivity contribution in [3.63, 3.8) is 0 Å². The molecule has 4 N–H and O–H groups in total. The van der Waals surface area contributed by atoms with Gasteiger partial charge in [-0.05, 0) is 67.2 Å². The van der Waals surface area contributed by atoms with Gasteiger partial charge in [0, 0.05) is 23.4 Å². The van der Waals surface area contributed by atoms with Crippen molar-refractivity contribution in [1.29, 1.82) is 0 Å². The number of nitrogens with one attached hydrogen (secondary N) is 4. The molecular formula is C26H31N5O2. The Balaban J connectivity index is 1.51. The molecule has 1 aliphatic heterocycles. The number of pyridine rings is 2. The van der Waals surface area contributed by atoms with Crippen LogP contribution in [0.3, 0.4) is 0 Å². The highest BCUT2D eigenvalue weighted by Crippen LogP contribution is 2.23. The Morgan fingerprint density at radius 3 is 2.48 bits per heavy atom. The molecule has 0 radical (unpaired) electrons. The Bertz CT molecular complexity index is 1170. The van der Waals surface area contributed by atoms with Crippen molar-refractivity contribution in [2.24, 2.45) is 0 Å². The van der Waals surface area contributed by atoms with E-state index in [9.17, 15) is 9.59 Å². The van der Waals surface area contributed by atoms with Crippen LogP contribution in [0.25, 0.3) is 11.3 Å². The molecule has 0 spiro atoms. The van der Waals surface area contributed by atoms with Crippen molar-refractivity contribution in [1.82, 2.24) is 15.3 Å². The van der Waals surface area contributed by atoms with Gasteiger partial charge in [-0.1, -0.05) is 39.0 Å². The number of hydrogen-bond acceptors (Lipinski definition) is 5. The monoisotopic (exact) mass is 445 g/mol. The van der Waals surface area contributed by atoms with Gasteiger partial charge in [-0.15, -0.1) is 0 Å². The van der Waals surface area contributed by atoms with E-state index in [4.69, 9.17) is 4.98 Å². The Labute approximate surface area is 194 Å². The molecule has 172 valence electrons. The van der Waals surface area contributed by atoms with Crippen LogP contribution in [0.2, 0.25) is 0 Å². The lowest BCUT2D eigenvalue weighted by atomic mass is 9.87. The predicted octanol–water partition coefficient (Wildman–Crippen LogP) is 4.15. The van der Waals surface area contributed by atoms with Crippen LogP contribution in [0.15, 0.2) is 59.5 Å². The number of nitrogens with zero attached hydrogens (tertiary/aromatic N) is 1. The molecule has 7 nitrogen and oxygen atoms in total.